The Hall–Kier alpha value is -1.75. The van der Waals surface area contributed by atoms with E-state index in [0.29, 0.717) is 5.56 Å². The molecule has 0 saturated heterocycles. The predicted molar refractivity (Wildman–Crippen MR) is 72.8 cm³/mol. The van der Waals surface area contributed by atoms with Crippen LogP contribution in [0.2, 0.25) is 0 Å². The zero-order chi connectivity index (χ0) is 14.6. The summed E-state index contributed by atoms with van der Waals surface area (Å²) in [6.07, 6.45) is 0.243. The van der Waals surface area contributed by atoms with E-state index >= 15 is 0 Å². The number of carbonyl (C=O) groups is 1. The maximum absolute atomic E-state index is 12.2. The van der Waals surface area contributed by atoms with Gasteiger partial charge >= 0.3 is 5.51 Å². The Bertz CT molecular complexity index is 576. The molecule has 0 atom stereocenters. The minimum Gasteiger partial charge on any atom is -0.294 e. The minimum absolute atomic E-state index is 0.0776. The lowest BCUT2D eigenvalue weighted by molar-refractivity contribution is -0.0328. The van der Waals surface area contributed by atoms with E-state index in [-0.39, 0.29) is 28.9 Å². The van der Waals surface area contributed by atoms with Crippen molar-refractivity contribution in [2.75, 3.05) is 0 Å². The number of hydrogen-bond donors (Lipinski definition) is 0. The maximum atomic E-state index is 12.2. The van der Waals surface area contributed by atoms with E-state index in [1.165, 1.54) is 24.3 Å². The van der Waals surface area contributed by atoms with Crippen LogP contribution >= 0.6 is 11.8 Å². The number of halogens is 3. The second-order valence-electron chi connectivity index (χ2n) is 4.16. The van der Waals surface area contributed by atoms with Crippen LogP contribution in [0.15, 0.2) is 59.5 Å². The molecule has 0 radical (unpaired) electrons. The first kappa shape index (κ1) is 14.7. The van der Waals surface area contributed by atoms with Crippen molar-refractivity contribution in [2.45, 2.75) is 16.8 Å². The summed E-state index contributed by atoms with van der Waals surface area (Å²) in [5.74, 6) is -0.111. The summed E-state index contributed by atoms with van der Waals surface area (Å²) in [6, 6.07) is 14.7. The maximum Gasteiger partial charge on any atom is 0.446 e. The largest absolute Gasteiger partial charge is 0.446 e. The van der Waals surface area contributed by atoms with E-state index in [1.807, 2.05) is 30.3 Å². The van der Waals surface area contributed by atoms with Crippen LogP contribution in [0, 0.1) is 0 Å². The van der Waals surface area contributed by atoms with E-state index in [2.05, 4.69) is 0 Å². The number of hydrogen-bond acceptors (Lipinski definition) is 2. The molecule has 104 valence electrons. The normalized spacial score (nSPS) is 11.3. The molecule has 0 N–H and O–H groups in total. The van der Waals surface area contributed by atoms with Crippen LogP contribution in [-0.4, -0.2) is 11.3 Å². The first-order valence-electron chi connectivity index (χ1n) is 5.87. The summed E-state index contributed by atoms with van der Waals surface area (Å²) in [5.41, 5.74) is -3.01. The lowest BCUT2D eigenvalue weighted by atomic mass is 10.0. The Morgan fingerprint density at radius 2 is 1.55 bits per heavy atom. The molecule has 1 nitrogen and oxygen atoms in total. The molecular weight excluding hydrogens is 285 g/mol. The summed E-state index contributed by atoms with van der Waals surface area (Å²) < 4.78 is 36.6. The van der Waals surface area contributed by atoms with Gasteiger partial charge in [-0.2, -0.15) is 13.2 Å². The number of ketones is 1. The van der Waals surface area contributed by atoms with Crippen molar-refractivity contribution in [3.8, 4) is 0 Å². The molecule has 0 fully saturated rings. The summed E-state index contributed by atoms with van der Waals surface area (Å²) >= 11 is -0.186. The van der Waals surface area contributed by atoms with Crippen LogP contribution in [0.4, 0.5) is 13.2 Å². The highest BCUT2D eigenvalue weighted by Gasteiger charge is 2.29. The molecule has 2 aromatic carbocycles. The number of benzene rings is 2. The van der Waals surface area contributed by atoms with Crippen molar-refractivity contribution in [3.05, 3.63) is 65.7 Å². The van der Waals surface area contributed by atoms with Crippen molar-refractivity contribution in [1.29, 1.82) is 0 Å². The lowest BCUT2D eigenvalue weighted by Gasteiger charge is -2.06. The Labute approximate surface area is 118 Å². The highest BCUT2D eigenvalue weighted by molar-refractivity contribution is 8.00. The van der Waals surface area contributed by atoms with Gasteiger partial charge in [0.25, 0.3) is 0 Å². The van der Waals surface area contributed by atoms with Crippen LogP contribution in [0.1, 0.15) is 15.9 Å². The van der Waals surface area contributed by atoms with Gasteiger partial charge in [-0.3, -0.25) is 4.79 Å². The topological polar surface area (TPSA) is 17.1 Å². The van der Waals surface area contributed by atoms with Gasteiger partial charge in [-0.1, -0.05) is 42.5 Å². The molecule has 0 aliphatic heterocycles. The molecule has 0 heterocycles. The van der Waals surface area contributed by atoms with Crippen molar-refractivity contribution >= 4 is 17.5 Å². The molecule has 20 heavy (non-hydrogen) atoms. The van der Waals surface area contributed by atoms with Crippen LogP contribution < -0.4 is 0 Å². The van der Waals surface area contributed by atoms with Gasteiger partial charge in [0.1, 0.15) is 0 Å². The quantitative estimate of drug-likeness (QED) is 0.599. The molecule has 0 aliphatic carbocycles. The average molecular weight is 296 g/mol. The van der Waals surface area contributed by atoms with Crippen molar-refractivity contribution in [2.24, 2.45) is 0 Å². The summed E-state index contributed by atoms with van der Waals surface area (Å²) in [6.45, 7) is 0. The summed E-state index contributed by atoms with van der Waals surface area (Å²) in [4.78, 5) is 12.1. The van der Waals surface area contributed by atoms with Gasteiger partial charge in [0, 0.05) is 16.9 Å². The molecule has 0 aromatic heterocycles. The third-order valence-corrected chi connectivity index (χ3v) is 3.36. The van der Waals surface area contributed by atoms with Gasteiger partial charge < -0.3 is 0 Å². The number of Topliss-reactive ketones (excluding diaryl/α,β-unsaturated/α-hetero) is 1. The third kappa shape index (κ3) is 4.42. The molecule has 2 rings (SSSR count). The summed E-state index contributed by atoms with van der Waals surface area (Å²) in [5, 5.41) is 0. The zero-order valence-corrected chi connectivity index (χ0v) is 11.2. The highest BCUT2D eigenvalue weighted by atomic mass is 32.2. The Kier molecular flexibility index (Phi) is 4.49. The number of carbonyl (C=O) groups excluding carboxylic acids is 1. The molecule has 5 heteroatoms. The fourth-order valence-corrected chi connectivity index (χ4v) is 2.27. The smallest absolute Gasteiger partial charge is 0.294 e. The minimum atomic E-state index is -4.31. The standard InChI is InChI=1S/C15H11F3OS/c16-15(17,18)20-13-8-6-12(7-9-13)14(19)10-11-4-2-1-3-5-11/h1-9H,10H2. The number of alkyl halides is 3. The number of thioether (sulfide) groups is 1. The fourth-order valence-electron chi connectivity index (χ4n) is 1.73. The van der Waals surface area contributed by atoms with Crippen molar-refractivity contribution < 1.29 is 18.0 Å². The molecule has 0 amide bonds. The monoisotopic (exact) mass is 296 g/mol. The molecular formula is C15H11F3OS. The van der Waals surface area contributed by atoms with E-state index in [9.17, 15) is 18.0 Å². The van der Waals surface area contributed by atoms with E-state index < -0.39 is 5.51 Å². The molecule has 0 aliphatic rings. The SMILES string of the molecule is O=C(Cc1ccccc1)c1ccc(SC(F)(F)F)cc1. The number of rotatable bonds is 4. The van der Waals surface area contributed by atoms with E-state index in [4.69, 9.17) is 0 Å². The van der Waals surface area contributed by atoms with Crippen molar-refractivity contribution in [3.63, 3.8) is 0 Å². The second-order valence-corrected chi connectivity index (χ2v) is 5.30. The van der Waals surface area contributed by atoms with Gasteiger partial charge in [0.15, 0.2) is 5.78 Å². The average Bonchev–Trinajstić information content (AvgIpc) is 2.39. The van der Waals surface area contributed by atoms with Gasteiger partial charge in [-0.05, 0) is 29.5 Å². The van der Waals surface area contributed by atoms with E-state index in [0.717, 1.165) is 5.56 Å². The van der Waals surface area contributed by atoms with Gasteiger partial charge in [0.2, 0.25) is 0 Å². The van der Waals surface area contributed by atoms with Gasteiger partial charge in [-0.15, -0.1) is 0 Å². The van der Waals surface area contributed by atoms with Crippen LogP contribution in [0.25, 0.3) is 0 Å². The van der Waals surface area contributed by atoms with Crippen molar-refractivity contribution in [1.82, 2.24) is 0 Å². The van der Waals surface area contributed by atoms with Crippen LogP contribution in [0.5, 0.6) is 0 Å². The lowest BCUT2D eigenvalue weighted by Crippen LogP contribution is -2.03. The Balaban J connectivity index is 2.04. The zero-order valence-electron chi connectivity index (χ0n) is 10.4. The molecule has 0 spiro atoms. The second kappa shape index (κ2) is 6.13. The highest BCUT2D eigenvalue weighted by Crippen LogP contribution is 2.36. The first-order chi connectivity index (χ1) is 9.44. The molecule has 2 aromatic rings. The molecule has 0 bridgehead atoms. The fraction of sp³-hybridized carbons (Fsp3) is 0.133. The predicted octanol–water partition coefficient (Wildman–Crippen LogP) is 4.72. The van der Waals surface area contributed by atoms with Gasteiger partial charge in [-0.25, -0.2) is 0 Å². The first-order valence-corrected chi connectivity index (χ1v) is 6.68. The molecule has 0 unspecified atom stereocenters. The Morgan fingerprint density at radius 3 is 2.10 bits per heavy atom. The Morgan fingerprint density at radius 1 is 0.950 bits per heavy atom. The van der Waals surface area contributed by atoms with Crippen LogP contribution in [0.3, 0.4) is 0 Å². The molecule has 0 saturated carbocycles. The van der Waals surface area contributed by atoms with Gasteiger partial charge in [0.05, 0.1) is 0 Å². The summed E-state index contributed by atoms with van der Waals surface area (Å²) in [7, 11) is 0. The third-order valence-electron chi connectivity index (χ3n) is 2.62. The van der Waals surface area contributed by atoms with Crippen LogP contribution in [-0.2, 0) is 6.42 Å². The van der Waals surface area contributed by atoms with E-state index in [1.54, 1.807) is 0 Å².